The number of nitrogens with zero attached hydrogens (tertiary/aromatic N) is 2. The number of benzene rings is 1. The first kappa shape index (κ1) is 11.3. The molecule has 0 N–H and O–H groups in total. The summed E-state index contributed by atoms with van der Waals surface area (Å²) in [5.74, 6) is 0. The van der Waals surface area contributed by atoms with E-state index in [1.165, 1.54) is 23.4 Å². The van der Waals surface area contributed by atoms with E-state index in [9.17, 15) is 0 Å². The molecule has 0 saturated heterocycles. The molecule has 0 saturated carbocycles. The lowest BCUT2D eigenvalue weighted by Gasteiger charge is -2.09. The molecule has 1 aromatic heterocycles. The Morgan fingerprint density at radius 2 is 2.00 bits per heavy atom. The summed E-state index contributed by atoms with van der Waals surface area (Å²) in [4.78, 5) is 4.73. The van der Waals surface area contributed by atoms with Crippen LogP contribution in [0.15, 0.2) is 53.7 Å². The summed E-state index contributed by atoms with van der Waals surface area (Å²) in [5, 5.41) is 0. The predicted molar refractivity (Wildman–Crippen MR) is 75.2 cm³/mol. The van der Waals surface area contributed by atoms with Crippen molar-refractivity contribution in [3.8, 4) is 0 Å². The molecule has 0 spiro atoms. The number of aliphatic imine (C=N–C) groups is 1. The largest absolute Gasteiger partial charge is 0.342 e. The van der Waals surface area contributed by atoms with Gasteiger partial charge in [0.25, 0.3) is 0 Å². The molecule has 0 radical (unpaired) electrons. The Bertz CT molecular complexity index is 551. The third-order valence-corrected chi connectivity index (χ3v) is 3.50. The van der Waals surface area contributed by atoms with E-state index in [-0.39, 0.29) is 0 Å². The lowest BCUT2D eigenvalue weighted by Crippen LogP contribution is -2.08. The molecular weight excluding hydrogens is 220 g/mol. The van der Waals surface area contributed by atoms with Gasteiger partial charge in [0.1, 0.15) is 0 Å². The fraction of sp³-hybridized carbons (Fsp3) is 0.312. The highest BCUT2D eigenvalue weighted by molar-refractivity contribution is 6.00. The lowest BCUT2D eigenvalue weighted by molar-refractivity contribution is 0.739. The van der Waals surface area contributed by atoms with E-state index >= 15 is 0 Å². The Hall–Kier alpha value is -1.83. The third-order valence-electron chi connectivity index (χ3n) is 3.50. The maximum Gasteiger partial charge on any atom is 0.0624 e. The van der Waals surface area contributed by atoms with Gasteiger partial charge in [-0.1, -0.05) is 30.3 Å². The second-order valence-corrected chi connectivity index (χ2v) is 4.97. The molecule has 0 aliphatic carbocycles. The summed E-state index contributed by atoms with van der Waals surface area (Å²) in [6.45, 7) is 3.12. The normalized spacial score (nSPS) is 18.9. The maximum atomic E-state index is 4.73. The molecule has 0 unspecified atom stereocenters. The van der Waals surface area contributed by atoms with Crippen LogP contribution in [0, 0.1) is 0 Å². The second-order valence-electron chi connectivity index (χ2n) is 4.97. The summed E-state index contributed by atoms with van der Waals surface area (Å²) in [6, 6.07) is 15.4. The summed E-state index contributed by atoms with van der Waals surface area (Å²) < 4.78 is 2.30. The van der Waals surface area contributed by atoms with Gasteiger partial charge < -0.3 is 4.57 Å². The van der Waals surface area contributed by atoms with Gasteiger partial charge in [-0.15, -0.1) is 0 Å². The van der Waals surface area contributed by atoms with Gasteiger partial charge >= 0.3 is 0 Å². The average molecular weight is 238 g/mol. The van der Waals surface area contributed by atoms with Crippen molar-refractivity contribution in [2.45, 2.75) is 32.4 Å². The highest BCUT2D eigenvalue weighted by Gasteiger charge is 2.17. The van der Waals surface area contributed by atoms with Crippen molar-refractivity contribution in [1.29, 1.82) is 0 Å². The summed E-state index contributed by atoms with van der Waals surface area (Å²) in [5.41, 5.74) is 3.88. The van der Waals surface area contributed by atoms with E-state index in [1.54, 1.807) is 0 Å². The van der Waals surface area contributed by atoms with Gasteiger partial charge in [-0.2, -0.15) is 0 Å². The predicted octanol–water partition coefficient (Wildman–Crippen LogP) is 3.51. The highest BCUT2D eigenvalue weighted by atomic mass is 15.0. The van der Waals surface area contributed by atoms with Crippen LogP contribution < -0.4 is 0 Å². The van der Waals surface area contributed by atoms with Crippen molar-refractivity contribution in [3.63, 3.8) is 0 Å². The Morgan fingerprint density at radius 3 is 2.72 bits per heavy atom. The quantitative estimate of drug-likeness (QED) is 0.778. The van der Waals surface area contributed by atoms with Crippen LogP contribution in [-0.2, 0) is 6.54 Å². The first-order valence-electron chi connectivity index (χ1n) is 6.59. The molecule has 2 aromatic rings. The molecule has 1 atom stereocenters. The molecule has 0 amide bonds. The van der Waals surface area contributed by atoms with Crippen LogP contribution in [0.25, 0.3) is 0 Å². The number of hydrogen-bond acceptors (Lipinski definition) is 1. The van der Waals surface area contributed by atoms with Crippen molar-refractivity contribution in [2.24, 2.45) is 4.99 Å². The number of aromatic nitrogens is 1. The smallest absolute Gasteiger partial charge is 0.0624 e. The molecule has 18 heavy (non-hydrogen) atoms. The molecule has 2 nitrogen and oxygen atoms in total. The van der Waals surface area contributed by atoms with Crippen molar-refractivity contribution in [1.82, 2.24) is 4.57 Å². The molecule has 1 aromatic carbocycles. The minimum atomic E-state index is 0.486. The summed E-state index contributed by atoms with van der Waals surface area (Å²) >= 11 is 0. The average Bonchev–Trinajstić information content (AvgIpc) is 2.99. The first-order chi connectivity index (χ1) is 8.83. The Balaban J connectivity index is 1.86. The van der Waals surface area contributed by atoms with E-state index in [0.717, 1.165) is 13.0 Å². The zero-order valence-electron chi connectivity index (χ0n) is 10.7. The number of hydrogen-bond donors (Lipinski definition) is 0. The SMILES string of the molecule is C[C@H]1CCC(c2cccn2Cc2ccccc2)=N1. The van der Waals surface area contributed by atoms with Gasteiger partial charge in [-0.25, -0.2) is 0 Å². The molecule has 0 bridgehead atoms. The maximum absolute atomic E-state index is 4.73. The van der Waals surface area contributed by atoms with Gasteiger partial charge in [0.05, 0.1) is 11.4 Å². The van der Waals surface area contributed by atoms with E-state index in [2.05, 4.69) is 60.2 Å². The van der Waals surface area contributed by atoms with Crippen LogP contribution in [0.1, 0.15) is 31.0 Å². The van der Waals surface area contributed by atoms with Crippen LogP contribution in [0.5, 0.6) is 0 Å². The van der Waals surface area contributed by atoms with Crippen LogP contribution in [0.3, 0.4) is 0 Å². The highest BCUT2D eigenvalue weighted by Crippen LogP contribution is 2.19. The molecule has 1 aliphatic heterocycles. The van der Waals surface area contributed by atoms with Crippen LogP contribution in [0.2, 0.25) is 0 Å². The van der Waals surface area contributed by atoms with E-state index in [0.29, 0.717) is 6.04 Å². The molecule has 2 heterocycles. The van der Waals surface area contributed by atoms with Gasteiger partial charge in [0, 0.05) is 18.8 Å². The second kappa shape index (κ2) is 4.81. The van der Waals surface area contributed by atoms with Crippen LogP contribution >= 0.6 is 0 Å². The van der Waals surface area contributed by atoms with E-state index in [1.807, 2.05) is 0 Å². The lowest BCUT2D eigenvalue weighted by atomic mass is 10.1. The van der Waals surface area contributed by atoms with Crippen molar-refractivity contribution in [3.05, 3.63) is 59.9 Å². The van der Waals surface area contributed by atoms with Crippen molar-refractivity contribution < 1.29 is 0 Å². The van der Waals surface area contributed by atoms with Crippen molar-refractivity contribution >= 4 is 5.71 Å². The van der Waals surface area contributed by atoms with Gasteiger partial charge in [-0.05, 0) is 37.5 Å². The summed E-state index contributed by atoms with van der Waals surface area (Å²) in [6.07, 6.45) is 4.44. The third kappa shape index (κ3) is 2.23. The van der Waals surface area contributed by atoms with Gasteiger partial charge in [0.15, 0.2) is 0 Å². The molecule has 92 valence electrons. The fourth-order valence-electron chi connectivity index (χ4n) is 2.53. The molecule has 0 fully saturated rings. The van der Waals surface area contributed by atoms with Crippen molar-refractivity contribution in [2.75, 3.05) is 0 Å². The minimum Gasteiger partial charge on any atom is -0.342 e. The van der Waals surface area contributed by atoms with Crippen LogP contribution in [0.4, 0.5) is 0 Å². The molecular formula is C16H18N2. The first-order valence-corrected chi connectivity index (χ1v) is 6.59. The Morgan fingerprint density at radius 1 is 1.17 bits per heavy atom. The zero-order valence-corrected chi connectivity index (χ0v) is 10.7. The fourth-order valence-corrected chi connectivity index (χ4v) is 2.53. The topological polar surface area (TPSA) is 17.3 Å². The van der Waals surface area contributed by atoms with Gasteiger partial charge in [-0.3, -0.25) is 4.99 Å². The zero-order chi connectivity index (χ0) is 12.4. The Labute approximate surface area is 108 Å². The van der Waals surface area contributed by atoms with E-state index in [4.69, 9.17) is 4.99 Å². The molecule has 2 heteroatoms. The number of rotatable bonds is 3. The monoisotopic (exact) mass is 238 g/mol. The van der Waals surface area contributed by atoms with Crippen LogP contribution in [-0.4, -0.2) is 16.3 Å². The minimum absolute atomic E-state index is 0.486. The van der Waals surface area contributed by atoms with E-state index < -0.39 is 0 Å². The van der Waals surface area contributed by atoms with Gasteiger partial charge in [0.2, 0.25) is 0 Å². The standard InChI is InChI=1S/C16H18N2/c1-13-9-10-15(17-13)16-8-5-11-18(16)12-14-6-3-2-4-7-14/h2-8,11,13H,9-10,12H2,1H3/t13-/m0/s1. The molecule has 3 rings (SSSR count). The summed E-state index contributed by atoms with van der Waals surface area (Å²) in [7, 11) is 0. The molecule has 1 aliphatic rings. The Kier molecular flexibility index (Phi) is 3.01.